The number of ether oxygens (including phenoxy) is 4. The number of methoxy groups -OCH3 is 2. The minimum atomic E-state index is -1.96. The highest BCUT2D eigenvalue weighted by molar-refractivity contribution is 6.74. The predicted molar refractivity (Wildman–Crippen MR) is 91.5 cm³/mol. The van der Waals surface area contributed by atoms with Crippen molar-refractivity contribution in [3.8, 4) is 0 Å². The van der Waals surface area contributed by atoms with Crippen LogP contribution in [0.2, 0.25) is 18.1 Å². The fourth-order valence-electron chi connectivity index (χ4n) is 2.72. The maximum absolute atomic E-state index is 12.1. The van der Waals surface area contributed by atoms with Crippen LogP contribution in [0.15, 0.2) is 4.99 Å². The van der Waals surface area contributed by atoms with Crippen molar-refractivity contribution in [3.63, 3.8) is 0 Å². The average Bonchev–Trinajstić information content (AvgIpc) is 3.08. The summed E-state index contributed by atoms with van der Waals surface area (Å²) in [5.41, 5.74) is -0.934. The molecule has 4 atom stereocenters. The van der Waals surface area contributed by atoms with E-state index in [1.165, 1.54) is 13.5 Å². The molecule has 138 valence electrons. The first-order valence-electron chi connectivity index (χ1n) is 8.17. The monoisotopic (exact) mass is 359 g/mol. The van der Waals surface area contributed by atoms with Crippen molar-refractivity contribution in [2.45, 2.75) is 69.4 Å². The van der Waals surface area contributed by atoms with Crippen LogP contribution in [-0.2, 0) is 28.2 Å². The molecule has 2 aliphatic rings. The first kappa shape index (κ1) is 19.4. The van der Waals surface area contributed by atoms with Crippen LogP contribution in [0.25, 0.3) is 0 Å². The van der Waals surface area contributed by atoms with Gasteiger partial charge in [-0.1, -0.05) is 20.8 Å². The van der Waals surface area contributed by atoms with Crippen molar-refractivity contribution in [2.24, 2.45) is 4.99 Å². The second-order valence-electron chi connectivity index (χ2n) is 7.82. The zero-order valence-electron chi connectivity index (χ0n) is 15.6. The summed E-state index contributed by atoms with van der Waals surface area (Å²) in [5.74, 6) is -0.443. The lowest BCUT2D eigenvalue weighted by molar-refractivity contribution is -0.152. The van der Waals surface area contributed by atoms with E-state index in [2.05, 4.69) is 38.9 Å². The van der Waals surface area contributed by atoms with E-state index in [4.69, 9.17) is 23.4 Å². The molecule has 0 aromatic carbocycles. The second kappa shape index (κ2) is 6.74. The van der Waals surface area contributed by atoms with Crippen LogP contribution in [0, 0.1) is 0 Å². The number of esters is 1. The van der Waals surface area contributed by atoms with Gasteiger partial charge in [-0.2, -0.15) is 0 Å². The summed E-state index contributed by atoms with van der Waals surface area (Å²) in [6.07, 6.45) is 0.784. The van der Waals surface area contributed by atoms with Crippen LogP contribution in [0.4, 0.5) is 0 Å². The van der Waals surface area contributed by atoms with Gasteiger partial charge in [-0.25, -0.2) is 9.79 Å². The Bertz CT molecular complexity index is 503. The third-order valence-corrected chi connectivity index (χ3v) is 9.88. The van der Waals surface area contributed by atoms with Gasteiger partial charge in [0, 0.05) is 13.5 Å². The fourth-order valence-corrected chi connectivity index (χ4v) is 3.72. The summed E-state index contributed by atoms with van der Waals surface area (Å²) in [6, 6.07) is -0.768. The van der Waals surface area contributed by atoms with Gasteiger partial charge in [0.2, 0.25) is 0 Å². The smallest absolute Gasteiger partial charge is 0.335 e. The van der Waals surface area contributed by atoms with Crippen LogP contribution in [0.5, 0.6) is 0 Å². The molecule has 2 rings (SSSR count). The highest BCUT2D eigenvalue weighted by Crippen LogP contribution is 2.43. The lowest BCUT2D eigenvalue weighted by atomic mass is 9.87. The SMILES string of the molecule is COC(=O)[C@@H]1N=CO[C@@]12CC(OC)O[C@@H]2CO[Si](C)(C)C(C)(C)C. The Hall–Kier alpha value is -0.963. The van der Waals surface area contributed by atoms with Gasteiger partial charge in [-0.15, -0.1) is 0 Å². The van der Waals surface area contributed by atoms with E-state index in [-0.39, 0.29) is 5.04 Å². The highest BCUT2D eigenvalue weighted by atomic mass is 28.4. The molecule has 0 aromatic heterocycles. The first-order chi connectivity index (χ1) is 11.1. The van der Waals surface area contributed by atoms with Crippen molar-refractivity contribution >= 4 is 20.7 Å². The first-order valence-corrected chi connectivity index (χ1v) is 11.1. The Morgan fingerprint density at radius 2 is 2.04 bits per heavy atom. The molecule has 0 saturated carbocycles. The minimum absolute atomic E-state index is 0.0776. The molecule has 0 aromatic rings. The number of carbonyl (C=O) groups is 1. The summed E-state index contributed by atoms with van der Waals surface area (Å²) >= 11 is 0. The largest absolute Gasteiger partial charge is 0.471 e. The summed E-state index contributed by atoms with van der Waals surface area (Å²) in [7, 11) is 0.947. The third kappa shape index (κ3) is 3.37. The molecular formula is C16H29NO6Si. The molecule has 0 N–H and O–H groups in total. The molecule has 0 bridgehead atoms. The standard InChI is InChI=1S/C16H29NO6Si/c1-15(2,3)24(6,7)22-9-11-16(8-12(19-4)23-11)13(14(18)20-5)17-10-21-16/h10-13H,8-9H2,1-7H3/t11-,12?,13+,16-/m1/s1. The van der Waals surface area contributed by atoms with E-state index in [0.717, 1.165) is 0 Å². The van der Waals surface area contributed by atoms with Crippen molar-refractivity contribution in [2.75, 3.05) is 20.8 Å². The molecule has 1 fully saturated rings. The maximum atomic E-state index is 12.1. The number of hydrogen-bond acceptors (Lipinski definition) is 7. The van der Waals surface area contributed by atoms with Gasteiger partial charge in [-0.3, -0.25) is 0 Å². The molecule has 7 nitrogen and oxygen atoms in total. The Kier molecular flexibility index (Phi) is 5.44. The quantitative estimate of drug-likeness (QED) is 0.553. The van der Waals surface area contributed by atoms with Gasteiger partial charge in [0.25, 0.3) is 0 Å². The molecule has 2 aliphatic heterocycles. The Labute approximate surface area is 144 Å². The van der Waals surface area contributed by atoms with Crippen LogP contribution < -0.4 is 0 Å². The summed E-state index contributed by atoms with van der Waals surface area (Å²) in [4.78, 5) is 16.3. The normalized spacial score (nSPS) is 33.0. The fraction of sp³-hybridized carbons (Fsp3) is 0.875. The third-order valence-electron chi connectivity index (χ3n) is 5.38. The average molecular weight is 359 g/mol. The maximum Gasteiger partial charge on any atom is 0.335 e. The van der Waals surface area contributed by atoms with Gasteiger partial charge in [0.1, 0.15) is 6.10 Å². The summed E-state index contributed by atoms with van der Waals surface area (Å²) in [5, 5.41) is 0.0776. The van der Waals surface area contributed by atoms with E-state index in [1.807, 2.05) is 0 Å². The molecule has 1 spiro atoms. The number of aliphatic imine (C=N–C) groups is 1. The van der Waals surface area contributed by atoms with E-state index >= 15 is 0 Å². The van der Waals surface area contributed by atoms with E-state index in [1.54, 1.807) is 7.11 Å². The molecule has 8 heteroatoms. The number of carbonyl (C=O) groups excluding carboxylic acids is 1. The van der Waals surface area contributed by atoms with E-state index in [9.17, 15) is 4.79 Å². The number of hydrogen-bond donors (Lipinski definition) is 0. The Morgan fingerprint density at radius 3 is 2.58 bits per heavy atom. The molecule has 2 heterocycles. The second-order valence-corrected chi connectivity index (χ2v) is 12.6. The van der Waals surface area contributed by atoms with E-state index in [0.29, 0.717) is 13.0 Å². The zero-order chi connectivity index (χ0) is 18.2. The Balaban J connectivity index is 2.19. The number of rotatable bonds is 5. The molecule has 24 heavy (non-hydrogen) atoms. The topological polar surface area (TPSA) is 75.6 Å². The van der Waals surface area contributed by atoms with Crippen LogP contribution >= 0.6 is 0 Å². The Morgan fingerprint density at radius 1 is 1.38 bits per heavy atom. The molecule has 0 radical (unpaired) electrons. The van der Waals surface area contributed by atoms with Crippen molar-refractivity contribution in [1.29, 1.82) is 0 Å². The highest BCUT2D eigenvalue weighted by Gasteiger charge is 2.61. The van der Waals surface area contributed by atoms with Gasteiger partial charge in [-0.05, 0) is 18.1 Å². The van der Waals surface area contributed by atoms with Crippen LogP contribution in [0.3, 0.4) is 0 Å². The lowest BCUT2D eigenvalue weighted by Crippen LogP contribution is -2.54. The van der Waals surface area contributed by atoms with Gasteiger partial charge < -0.3 is 23.4 Å². The van der Waals surface area contributed by atoms with Gasteiger partial charge in [0.15, 0.2) is 32.7 Å². The lowest BCUT2D eigenvalue weighted by Gasteiger charge is -2.39. The molecule has 0 amide bonds. The van der Waals surface area contributed by atoms with Crippen molar-refractivity contribution in [1.82, 2.24) is 0 Å². The summed E-state index contributed by atoms with van der Waals surface area (Å²) < 4.78 is 28.2. The van der Waals surface area contributed by atoms with Crippen molar-refractivity contribution in [3.05, 3.63) is 0 Å². The van der Waals surface area contributed by atoms with E-state index < -0.39 is 38.3 Å². The predicted octanol–water partition coefficient (Wildman–Crippen LogP) is 2.11. The molecule has 0 aliphatic carbocycles. The molecule has 1 saturated heterocycles. The summed E-state index contributed by atoms with van der Waals surface area (Å²) in [6.45, 7) is 11.2. The van der Waals surface area contributed by atoms with Crippen LogP contribution in [-0.4, -0.2) is 65.6 Å². The van der Waals surface area contributed by atoms with Crippen molar-refractivity contribution < 1.29 is 28.2 Å². The zero-order valence-corrected chi connectivity index (χ0v) is 16.6. The van der Waals surface area contributed by atoms with Crippen LogP contribution in [0.1, 0.15) is 27.2 Å². The molecular weight excluding hydrogens is 330 g/mol. The number of nitrogens with zero attached hydrogens (tertiary/aromatic N) is 1. The van der Waals surface area contributed by atoms with Gasteiger partial charge >= 0.3 is 5.97 Å². The molecule has 1 unspecified atom stereocenters. The van der Waals surface area contributed by atoms with Gasteiger partial charge in [0.05, 0.1) is 13.7 Å². The minimum Gasteiger partial charge on any atom is -0.471 e.